The Balaban J connectivity index is 1.23. The van der Waals surface area contributed by atoms with Gasteiger partial charge in [0.1, 0.15) is 0 Å². The molecule has 6 aromatic heterocycles. The summed E-state index contributed by atoms with van der Waals surface area (Å²) in [5, 5.41) is 0. The molecule has 0 nitrogen and oxygen atoms in total. The number of fused-ring (bicyclic) bond motifs is 12. The number of hydrogen-bond donors (Lipinski definition) is 0. The van der Waals surface area contributed by atoms with E-state index in [1.54, 1.807) is 22.3 Å². The highest BCUT2D eigenvalue weighted by molar-refractivity contribution is 7.43. The average Bonchev–Trinajstić information content (AvgIpc) is 3.29. The second kappa shape index (κ2) is 16.9. The molecule has 0 fully saturated rings. The van der Waals surface area contributed by atoms with Crippen molar-refractivity contribution in [2.75, 3.05) is 0 Å². The third kappa shape index (κ3) is 6.89. The summed E-state index contributed by atoms with van der Waals surface area (Å²) in [5.41, 5.74) is 6.35. The Hall–Kier alpha value is -2.04. The first-order chi connectivity index (χ1) is 31.5. The maximum absolute atomic E-state index is 2.59. The van der Waals surface area contributed by atoms with Gasteiger partial charge in [-0.25, -0.2) is 0 Å². The minimum atomic E-state index is 1.14. The molecule has 0 radical (unpaired) electrons. The molecule has 0 aliphatic carbocycles. The van der Waals surface area contributed by atoms with E-state index in [9.17, 15) is 0 Å². The summed E-state index contributed by atoms with van der Waals surface area (Å²) in [6.45, 7) is 9.42. The lowest BCUT2D eigenvalue weighted by Crippen LogP contribution is -1.91. The minimum absolute atomic E-state index is 1.14. The zero-order valence-corrected chi connectivity index (χ0v) is 45.8. The van der Waals surface area contributed by atoms with Crippen LogP contribution in [0.3, 0.4) is 0 Å². The molecule has 6 aromatic carbocycles. The summed E-state index contributed by atoms with van der Waals surface area (Å²) in [7, 11) is 0. The molecule has 0 amide bonds. The second-order valence-electron chi connectivity index (χ2n) is 17.2. The Labute approximate surface area is 419 Å². The number of benzene rings is 6. The number of aryl methyl sites for hydroxylation is 4. The predicted molar refractivity (Wildman–Crippen MR) is 312 cm³/mol. The molecule has 0 aliphatic rings. The van der Waals surface area contributed by atoms with Gasteiger partial charge in [0.25, 0.3) is 0 Å². The van der Waals surface area contributed by atoms with E-state index in [2.05, 4.69) is 167 Å². The molecule has 0 bridgehead atoms. The molecule has 0 saturated heterocycles. The van der Waals surface area contributed by atoms with Crippen LogP contribution in [0.2, 0.25) is 0 Å². The van der Waals surface area contributed by atoms with Gasteiger partial charge in [-0.15, -0.1) is 136 Å². The molecule has 0 atom stereocenters. The third-order valence-electron chi connectivity index (χ3n) is 12.7. The van der Waals surface area contributed by atoms with Gasteiger partial charge in [-0.2, -0.15) is 0 Å². The van der Waals surface area contributed by atoms with E-state index < -0.39 is 0 Å². The fraction of sp³-hybridized carbons (Fsp3) is 0.308. The zero-order valence-electron chi connectivity index (χ0n) is 36.0. The summed E-state index contributed by atoms with van der Waals surface area (Å²) in [5.74, 6) is 0. The van der Waals surface area contributed by atoms with Gasteiger partial charge >= 0.3 is 0 Å². The third-order valence-corrected chi connectivity index (χ3v) is 28.5. The molecule has 0 saturated carbocycles. The van der Waals surface area contributed by atoms with Crippen LogP contribution in [-0.4, -0.2) is 0 Å². The van der Waals surface area contributed by atoms with E-state index in [0.717, 1.165) is 25.7 Å². The van der Waals surface area contributed by atoms with Crippen LogP contribution < -0.4 is 0 Å². The number of rotatable bonds is 12. The smallest absolute Gasteiger partial charge is 0.0496 e. The van der Waals surface area contributed by atoms with E-state index in [4.69, 9.17) is 0 Å². The highest BCUT2D eigenvalue weighted by Gasteiger charge is 2.21. The van der Waals surface area contributed by atoms with Crippen molar-refractivity contribution in [3.05, 3.63) is 70.8 Å². The van der Waals surface area contributed by atoms with E-state index in [1.807, 2.05) is 45.3 Å². The first kappa shape index (κ1) is 42.1. The van der Waals surface area contributed by atoms with Crippen molar-refractivity contribution in [1.29, 1.82) is 0 Å². The van der Waals surface area contributed by atoms with Crippen molar-refractivity contribution in [3.8, 4) is 0 Å². The van der Waals surface area contributed by atoms with Gasteiger partial charge in [-0.3, -0.25) is 0 Å². The molecule has 0 unspecified atom stereocenters. The van der Waals surface area contributed by atoms with Gasteiger partial charge in [-0.05, 0) is 122 Å². The van der Waals surface area contributed by atoms with Gasteiger partial charge in [0.2, 0.25) is 0 Å². The average molecular weight is 1050 g/mol. The van der Waals surface area contributed by atoms with Crippen LogP contribution in [0.25, 0.3) is 113 Å². The van der Waals surface area contributed by atoms with Crippen molar-refractivity contribution in [1.82, 2.24) is 0 Å². The van der Waals surface area contributed by atoms with Crippen molar-refractivity contribution >= 4 is 249 Å². The SMILES string of the molecule is CCCCc1c2sc3cc4sc5c(CCCC)c6sc7cc8sc9cc%10sc%11cc%12sc1c1cc2sc3cc4sc5cc6sc7c(CCCC)c8sc9cc%10sc%11c(CCCC)c%12s1. The Morgan fingerprint density at radius 2 is 0.375 bits per heavy atom. The van der Waals surface area contributed by atoms with Gasteiger partial charge in [0, 0.05) is 113 Å². The Kier molecular flexibility index (Phi) is 11.1. The Bertz CT molecular complexity index is 3520. The van der Waals surface area contributed by atoms with Gasteiger partial charge in [-0.1, -0.05) is 53.4 Å². The van der Waals surface area contributed by atoms with Crippen LogP contribution in [0.1, 0.15) is 101 Å². The summed E-state index contributed by atoms with van der Waals surface area (Å²) in [6.07, 6.45) is 14.2. The molecule has 12 rings (SSSR count). The van der Waals surface area contributed by atoms with Crippen molar-refractivity contribution in [3.63, 3.8) is 0 Å². The number of unbranched alkanes of at least 4 members (excludes halogenated alkanes) is 4. The fourth-order valence-electron chi connectivity index (χ4n) is 9.46. The van der Waals surface area contributed by atoms with Crippen molar-refractivity contribution < 1.29 is 0 Å². The van der Waals surface area contributed by atoms with Crippen LogP contribution in [0.4, 0.5) is 0 Å². The fourth-order valence-corrected chi connectivity index (χ4v) is 25.8. The molecule has 324 valence electrons. The van der Waals surface area contributed by atoms with E-state index in [0.29, 0.717) is 0 Å². The normalized spacial score (nSPS) is 12.8. The Morgan fingerprint density at radius 3 is 0.578 bits per heavy atom. The quantitative estimate of drug-likeness (QED) is 0.107. The maximum Gasteiger partial charge on any atom is 0.0496 e. The lowest BCUT2D eigenvalue weighted by molar-refractivity contribution is 0.803. The summed E-state index contributed by atoms with van der Waals surface area (Å²) in [4.78, 5) is 0. The molecule has 64 heavy (non-hydrogen) atoms. The van der Waals surface area contributed by atoms with E-state index in [-0.39, 0.29) is 0 Å². The standard InChI is InChI=1S/C52H44S12/c1-5-9-13-25-45-37-21-41-49(25)61-42-22-38-46(26(14-10-6-2)50(42)62-41)59-35-20-36-32(18-31(35)54-38)56-40-24-44-52(28(16-12-8-4)48(40)60-36)64-43-23-39-47(27(15-11-7-3)51(43)63-44)58-34-19-33(57-45)29(53-37)17-30(34)55-39/h17-24H,5-16H2,1-4H3. The van der Waals surface area contributed by atoms with Crippen molar-refractivity contribution in [2.24, 2.45) is 0 Å². The van der Waals surface area contributed by atoms with Gasteiger partial charge in [0.15, 0.2) is 0 Å². The molecule has 0 N–H and O–H groups in total. The first-order valence-corrected chi connectivity index (χ1v) is 32.6. The summed E-state index contributed by atoms with van der Waals surface area (Å²) >= 11 is 24.8. The number of hydrogen-bond acceptors (Lipinski definition) is 12. The predicted octanol–water partition coefficient (Wildman–Crippen LogP) is 23.3. The van der Waals surface area contributed by atoms with Gasteiger partial charge < -0.3 is 0 Å². The van der Waals surface area contributed by atoms with Crippen molar-refractivity contribution in [2.45, 2.75) is 105 Å². The zero-order chi connectivity index (χ0) is 42.8. The molecular formula is C52H44S12. The highest BCUT2D eigenvalue weighted by atomic mass is 32.1. The molecule has 0 spiro atoms. The minimum Gasteiger partial charge on any atom is -0.133 e. The summed E-state index contributed by atoms with van der Waals surface area (Å²) < 4.78 is 35.3. The Morgan fingerprint density at radius 1 is 0.219 bits per heavy atom. The van der Waals surface area contributed by atoms with Crippen LogP contribution in [0, 0.1) is 0 Å². The van der Waals surface area contributed by atoms with Crippen LogP contribution in [0.5, 0.6) is 0 Å². The van der Waals surface area contributed by atoms with Crippen LogP contribution in [-0.2, 0) is 25.7 Å². The maximum atomic E-state index is 2.59. The van der Waals surface area contributed by atoms with E-state index in [1.165, 1.54) is 164 Å². The highest BCUT2D eigenvalue weighted by Crippen LogP contribution is 2.52. The second-order valence-corrected chi connectivity index (χ2v) is 29.9. The molecule has 0 aliphatic heterocycles. The molecule has 12 heteroatoms. The van der Waals surface area contributed by atoms with E-state index >= 15 is 0 Å². The van der Waals surface area contributed by atoms with Crippen LogP contribution in [0.15, 0.2) is 48.5 Å². The lowest BCUT2D eigenvalue weighted by atomic mass is 10.1. The molecule has 12 aromatic rings. The first-order valence-electron chi connectivity index (χ1n) is 22.8. The molecule has 6 heterocycles. The molecular weight excluding hydrogens is 1010 g/mol. The monoisotopic (exact) mass is 1050 g/mol. The van der Waals surface area contributed by atoms with Gasteiger partial charge in [0.05, 0.1) is 0 Å². The summed E-state index contributed by atoms with van der Waals surface area (Å²) in [6, 6.07) is 20.6. The van der Waals surface area contributed by atoms with Crippen LogP contribution >= 0.6 is 136 Å². The lowest BCUT2D eigenvalue weighted by Gasteiger charge is -2.16. The topological polar surface area (TPSA) is 0 Å². The largest absolute Gasteiger partial charge is 0.133 e.